The summed E-state index contributed by atoms with van der Waals surface area (Å²) in [5.74, 6) is -0.187. The van der Waals surface area contributed by atoms with Crippen molar-refractivity contribution >= 4 is 29.2 Å². The fourth-order valence-corrected chi connectivity index (χ4v) is 5.08. The van der Waals surface area contributed by atoms with Crippen molar-refractivity contribution in [2.45, 2.75) is 58.5 Å². The summed E-state index contributed by atoms with van der Waals surface area (Å²) in [5, 5.41) is 6.00. The maximum Gasteiger partial charge on any atom is 0.321 e. The number of nitrogens with zero attached hydrogens (tertiary/aromatic N) is 3. The second-order valence-electron chi connectivity index (χ2n) is 9.98. The van der Waals surface area contributed by atoms with E-state index in [1.807, 2.05) is 76.2 Å². The van der Waals surface area contributed by atoms with Crippen molar-refractivity contribution in [3.63, 3.8) is 0 Å². The van der Waals surface area contributed by atoms with Gasteiger partial charge in [0.1, 0.15) is 12.1 Å². The van der Waals surface area contributed by atoms with Gasteiger partial charge in [-0.25, -0.2) is 4.79 Å². The molecule has 2 aliphatic heterocycles. The number of amides is 4. The minimum Gasteiger partial charge on any atom is -0.352 e. The van der Waals surface area contributed by atoms with E-state index in [1.54, 1.807) is 9.80 Å². The third kappa shape index (κ3) is 5.03. The maximum atomic E-state index is 13.8. The lowest BCUT2D eigenvalue weighted by Crippen LogP contribution is -2.58. The molecule has 2 aromatic rings. The first-order valence-electron chi connectivity index (χ1n) is 12.8. The van der Waals surface area contributed by atoms with Crippen LogP contribution in [-0.4, -0.2) is 65.5 Å². The molecular formula is C28H37N5O3. The number of carbonyl (C=O) groups is 3. The molecule has 2 heterocycles. The number of carbonyl (C=O) groups excluding carboxylic acids is 3. The summed E-state index contributed by atoms with van der Waals surface area (Å²) in [7, 11) is 0. The average molecular weight is 492 g/mol. The van der Waals surface area contributed by atoms with Gasteiger partial charge in [0.2, 0.25) is 5.91 Å². The molecule has 0 aliphatic carbocycles. The summed E-state index contributed by atoms with van der Waals surface area (Å²) in [6, 6.07) is 15.6. The van der Waals surface area contributed by atoms with Crippen molar-refractivity contribution in [3.8, 4) is 0 Å². The first kappa shape index (κ1) is 25.5. The third-order valence-electron chi connectivity index (χ3n) is 7.66. The quantitative estimate of drug-likeness (QED) is 0.642. The number of rotatable bonds is 6. The minimum atomic E-state index is -0.770. The van der Waals surface area contributed by atoms with Crippen LogP contribution in [0.5, 0.6) is 0 Å². The highest BCUT2D eigenvalue weighted by atomic mass is 16.2. The zero-order chi connectivity index (χ0) is 25.9. The molecular weight excluding hydrogens is 454 g/mol. The number of nitrogens with one attached hydrogen (secondary N) is 2. The van der Waals surface area contributed by atoms with Crippen LogP contribution in [0.1, 0.15) is 44.2 Å². The summed E-state index contributed by atoms with van der Waals surface area (Å²) in [4.78, 5) is 45.0. The van der Waals surface area contributed by atoms with Gasteiger partial charge in [-0.15, -0.1) is 0 Å². The fraction of sp³-hybridized carbons (Fsp3) is 0.464. The molecule has 4 rings (SSSR count). The van der Waals surface area contributed by atoms with Gasteiger partial charge in [0.15, 0.2) is 0 Å². The predicted octanol–water partition coefficient (Wildman–Crippen LogP) is 3.89. The summed E-state index contributed by atoms with van der Waals surface area (Å²) >= 11 is 0. The van der Waals surface area contributed by atoms with Crippen LogP contribution in [0.25, 0.3) is 0 Å². The largest absolute Gasteiger partial charge is 0.352 e. The summed E-state index contributed by atoms with van der Waals surface area (Å²) in [5.41, 5.74) is 3.16. The summed E-state index contributed by atoms with van der Waals surface area (Å²) in [6.45, 7) is 9.29. The second kappa shape index (κ2) is 10.6. The fourth-order valence-electron chi connectivity index (χ4n) is 5.08. The molecule has 0 bridgehead atoms. The van der Waals surface area contributed by atoms with Gasteiger partial charge in [-0.1, -0.05) is 37.3 Å². The molecule has 1 unspecified atom stereocenters. The van der Waals surface area contributed by atoms with Crippen molar-refractivity contribution in [3.05, 3.63) is 59.7 Å². The van der Waals surface area contributed by atoms with Crippen LogP contribution in [0.3, 0.4) is 0 Å². The van der Waals surface area contributed by atoms with Gasteiger partial charge >= 0.3 is 6.03 Å². The van der Waals surface area contributed by atoms with Gasteiger partial charge < -0.3 is 25.3 Å². The maximum absolute atomic E-state index is 13.8. The Morgan fingerprint density at radius 3 is 2.39 bits per heavy atom. The van der Waals surface area contributed by atoms with E-state index < -0.39 is 5.54 Å². The number of anilines is 2. The van der Waals surface area contributed by atoms with Crippen molar-refractivity contribution in [1.82, 2.24) is 15.1 Å². The Bertz CT molecular complexity index is 1110. The van der Waals surface area contributed by atoms with E-state index in [0.717, 1.165) is 28.9 Å². The van der Waals surface area contributed by atoms with Gasteiger partial charge in [-0.05, 0) is 69.4 Å². The number of benzene rings is 2. The minimum absolute atomic E-state index is 0.0328. The number of urea groups is 1. The lowest BCUT2D eigenvalue weighted by atomic mass is 9.85. The highest BCUT2D eigenvalue weighted by Crippen LogP contribution is 2.39. The van der Waals surface area contributed by atoms with Gasteiger partial charge in [-0.2, -0.15) is 0 Å². The van der Waals surface area contributed by atoms with Gasteiger partial charge in [-0.3, -0.25) is 9.59 Å². The lowest BCUT2D eigenvalue weighted by molar-refractivity contribution is -0.137. The number of hydrogen-bond donors (Lipinski definition) is 2. The third-order valence-corrected chi connectivity index (χ3v) is 7.66. The summed E-state index contributed by atoms with van der Waals surface area (Å²) in [6.07, 6.45) is 1.84. The molecule has 2 aliphatic rings. The van der Waals surface area contributed by atoms with Crippen LogP contribution < -0.4 is 15.5 Å². The van der Waals surface area contributed by atoms with Crippen molar-refractivity contribution in [2.24, 2.45) is 0 Å². The van der Waals surface area contributed by atoms with Crippen LogP contribution in [0.2, 0.25) is 0 Å². The molecule has 1 atom stereocenters. The molecule has 2 saturated heterocycles. The monoisotopic (exact) mass is 491 g/mol. The topological polar surface area (TPSA) is 85.0 Å². The van der Waals surface area contributed by atoms with Crippen LogP contribution in [0, 0.1) is 13.8 Å². The molecule has 2 fully saturated rings. The van der Waals surface area contributed by atoms with Crippen LogP contribution in [-0.2, 0) is 9.59 Å². The van der Waals surface area contributed by atoms with Gasteiger partial charge in [0.25, 0.3) is 5.91 Å². The van der Waals surface area contributed by atoms with E-state index in [-0.39, 0.29) is 30.4 Å². The average Bonchev–Trinajstić information content (AvgIpc) is 3.13. The molecule has 8 nitrogen and oxygen atoms in total. The van der Waals surface area contributed by atoms with E-state index in [2.05, 4.69) is 15.5 Å². The van der Waals surface area contributed by atoms with E-state index in [0.29, 0.717) is 32.6 Å². The Morgan fingerprint density at radius 2 is 1.72 bits per heavy atom. The molecule has 1 spiro atoms. The molecule has 2 N–H and O–H groups in total. The van der Waals surface area contributed by atoms with Crippen LogP contribution >= 0.6 is 0 Å². The van der Waals surface area contributed by atoms with E-state index in [1.165, 1.54) is 0 Å². The number of piperidine rings is 1. The normalized spacial score (nSPS) is 17.9. The van der Waals surface area contributed by atoms with Crippen LogP contribution in [0.15, 0.2) is 48.5 Å². The Morgan fingerprint density at radius 1 is 1.03 bits per heavy atom. The highest BCUT2D eigenvalue weighted by Gasteiger charge is 2.54. The molecule has 0 aromatic heterocycles. The van der Waals surface area contributed by atoms with E-state index in [9.17, 15) is 14.4 Å². The molecule has 0 saturated carbocycles. The standard InChI is InChI=1S/C28H37N5O3/c1-5-21(3)29-25(34)18-32-19-33(23-11-7-6-8-12-23)28(26(32)35)14-16-31(17-15-28)27(36)30-24-13-9-10-20(2)22(24)4/h6-13,21H,5,14-19H2,1-4H3,(H,29,34)(H,30,36). The van der Waals surface area contributed by atoms with Gasteiger partial charge in [0, 0.05) is 30.5 Å². The lowest BCUT2D eigenvalue weighted by Gasteiger charge is -2.43. The summed E-state index contributed by atoms with van der Waals surface area (Å²) < 4.78 is 0. The van der Waals surface area contributed by atoms with E-state index in [4.69, 9.17) is 0 Å². The molecule has 8 heteroatoms. The predicted molar refractivity (Wildman–Crippen MR) is 142 cm³/mol. The molecule has 4 amide bonds. The molecule has 192 valence electrons. The zero-order valence-electron chi connectivity index (χ0n) is 21.7. The van der Waals surface area contributed by atoms with Crippen LogP contribution in [0.4, 0.5) is 16.2 Å². The van der Waals surface area contributed by atoms with E-state index >= 15 is 0 Å². The Labute approximate surface area is 213 Å². The van der Waals surface area contributed by atoms with Gasteiger partial charge in [0.05, 0.1) is 6.67 Å². The zero-order valence-corrected chi connectivity index (χ0v) is 21.7. The van der Waals surface area contributed by atoms with Crippen molar-refractivity contribution in [2.75, 3.05) is 36.5 Å². The van der Waals surface area contributed by atoms with Crippen molar-refractivity contribution in [1.29, 1.82) is 0 Å². The molecule has 36 heavy (non-hydrogen) atoms. The Hall–Kier alpha value is -3.55. The number of aryl methyl sites for hydroxylation is 1. The molecule has 2 aromatic carbocycles. The number of likely N-dealkylation sites (tertiary alicyclic amines) is 1. The van der Waals surface area contributed by atoms with Crippen molar-refractivity contribution < 1.29 is 14.4 Å². The smallest absolute Gasteiger partial charge is 0.321 e. The number of hydrogen-bond acceptors (Lipinski definition) is 4. The Balaban J connectivity index is 1.50. The second-order valence-corrected chi connectivity index (χ2v) is 9.98. The SMILES string of the molecule is CCC(C)NC(=O)CN1CN(c2ccccc2)C2(CCN(C(=O)Nc3cccc(C)c3C)CC2)C1=O. The first-order valence-corrected chi connectivity index (χ1v) is 12.8. The highest BCUT2D eigenvalue weighted by molar-refractivity contribution is 5.97. The molecule has 0 radical (unpaired) electrons. The number of para-hydroxylation sites is 1. The Kier molecular flexibility index (Phi) is 7.52. The first-order chi connectivity index (χ1) is 17.2.